The highest BCUT2D eigenvalue weighted by Gasteiger charge is 2.19. The molecule has 0 aliphatic carbocycles. The molecule has 136 valence electrons. The lowest BCUT2D eigenvalue weighted by Gasteiger charge is -2.23. The van der Waals surface area contributed by atoms with Crippen LogP contribution in [0.15, 0.2) is 30.5 Å². The number of amides is 1. The van der Waals surface area contributed by atoms with Crippen molar-refractivity contribution < 1.29 is 15.0 Å². The molecule has 0 saturated heterocycles. The average molecular weight is 363 g/mol. The molecule has 2 aromatic rings. The first-order valence-electron chi connectivity index (χ1n) is 8.20. The molecule has 7 heteroatoms. The van der Waals surface area contributed by atoms with Crippen LogP contribution in [-0.4, -0.2) is 47.4 Å². The molecule has 1 heterocycles. The van der Waals surface area contributed by atoms with Gasteiger partial charge < -0.3 is 15.1 Å². The number of nitrogens with zero attached hydrogens (tertiary/aromatic N) is 3. The maximum absolute atomic E-state index is 12.1. The molecular weight excluding hydrogens is 338 g/mol. The molecule has 2 N–H and O–H groups in total. The van der Waals surface area contributed by atoms with Gasteiger partial charge in [-0.1, -0.05) is 13.8 Å². The van der Waals surface area contributed by atoms with Crippen molar-refractivity contribution in [3.8, 4) is 0 Å². The highest BCUT2D eigenvalue weighted by molar-refractivity contribution is 7.15. The number of carbonyl (C=O) groups is 1. The standard InChI is InChI=1S/C18H25N3O3S/c1-12(2)17-9-19-18(25-17)21(13(3)23)15-7-5-14(6-8-15)20(4)10-16(24)11-22/h5-9,12,16,22,24H,10-11H2,1-4H3. The Labute approximate surface area is 152 Å². The molecule has 0 bridgehead atoms. The van der Waals surface area contributed by atoms with Gasteiger partial charge in [0.1, 0.15) is 0 Å². The van der Waals surface area contributed by atoms with E-state index in [1.807, 2.05) is 42.4 Å². The zero-order chi connectivity index (χ0) is 18.6. The number of likely N-dealkylation sites (N-methyl/N-ethyl adjacent to an activating group) is 1. The number of anilines is 3. The Morgan fingerprint density at radius 3 is 2.32 bits per heavy atom. The molecule has 0 radical (unpaired) electrons. The summed E-state index contributed by atoms with van der Waals surface area (Å²) in [5.74, 6) is 0.274. The van der Waals surface area contributed by atoms with Crippen LogP contribution in [0.3, 0.4) is 0 Å². The SMILES string of the molecule is CC(=O)N(c1ccc(N(C)CC(O)CO)cc1)c1ncc(C(C)C)s1. The van der Waals surface area contributed by atoms with E-state index >= 15 is 0 Å². The lowest BCUT2D eigenvalue weighted by molar-refractivity contribution is -0.115. The van der Waals surface area contributed by atoms with Crippen molar-refractivity contribution in [3.05, 3.63) is 35.3 Å². The van der Waals surface area contributed by atoms with Gasteiger partial charge in [0.05, 0.1) is 18.4 Å². The monoisotopic (exact) mass is 363 g/mol. The number of benzene rings is 1. The van der Waals surface area contributed by atoms with Gasteiger partial charge in [-0.15, -0.1) is 11.3 Å². The predicted molar refractivity (Wildman–Crippen MR) is 102 cm³/mol. The van der Waals surface area contributed by atoms with Gasteiger partial charge in [0, 0.05) is 37.3 Å². The van der Waals surface area contributed by atoms with Crippen LogP contribution in [-0.2, 0) is 4.79 Å². The number of hydrogen-bond acceptors (Lipinski definition) is 6. The van der Waals surface area contributed by atoms with Gasteiger partial charge in [0.25, 0.3) is 0 Å². The van der Waals surface area contributed by atoms with Crippen molar-refractivity contribution >= 4 is 33.8 Å². The lowest BCUT2D eigenvalue weighted by Crippen LogP contribution is -2.31. The summed E-state index contributed by atoms with van der Waals surface area (Å²) in [4.78, 5) is 21.1. The molecular formula is C18H25N3O3S. The average Bonchev–Trinajstić information content (AvgIpc) is 3.05. The third-order valence-electron chi connectivity index (χ3n) is 3.83. The second-order valence-corrected chi connectivity index (χ2v) is 7.33. The highest BCUT2D eigenvalue weighted by Crippen LogP contribution is 2.33. The van der Waals surface area contributed by atoms with Gasteiger partial charge >= 0.3 is 0 Å². The quantitative estimate of drug-likeness (QED) is 0.791. The molecule has 1 aromatic heterocycles. The van der Waals surface area contributed by atoms with E-state index in [4.69, 9.17) is 5.11 Å². The Hall–Kier alpha value is -1.96. The Morgan fingerprint density at radius 1 is 1.24 bits per heavy atom. The fourth-order valence-electron chi connectivity index (χ4n) is 2.41. The smallest absolute Gasteiger partial charge is 0.230 e. The van der Waals surface area contributed by atoms with E-state index in [9.17, 15) is 9.90 Å². The number of rotatable bonds is 7. The molecule has 2 rings (SSSR count). The van der Waals surface area contributed by atoms with Crippen molar-refractivity contribution in [2.24, 2.45) is 0 Å². The first kappa shape index (κ1) is 19.4. The van der Waals surface area contributed by atoms with Crippen molar-refractivity contribution in [1.29, 1.82) is 0 Å². The number of thiazole rings is 1. The van der Waals surface area contributed by atoms with E-state index in [1.54, 1.807) is 4.90 Å². The molecule has 1 aromatic carbocycles. The molecule has 1 atom stereocenters. The lowest BCUT2D eigenvalue weighted by atomic mass is 10.2. The number of carbonyl (C=O) groups excluding carboxylic acids is 1. The molecule has 1 unspecified atom stereocenters. The molecule has 0 aliphatic rings. The second kappa shape index (κ2) is 8.42. The Morgan fingerprint density at radius 2 is 1.84 bits per heavy atom. The van der Waals surface area contributed by atoms with E-state index in [-0.39, 0.29) is 12.5 Å². The fraction of sp³-hybridized carbons (Fsp3) is 0.444. The predicted octanol–water partition coefficient (Wildman–Crippen LogP) is 2.74. The van der Waals surface area contributed by atoms with Gasteiger partial charge in [0.15, 0.2) is 5.13 Å². The highest BCUT2D eigenvalue weighted by atomic mass is 32.1. The summed E-state index contributed by atoms with van der Waals surface area (Å²) >= 11 is 1.52. The summed E-state index contributed by atoms with van der Waals surface area (Å²) in [6, 6.07) is 7.47. The van der Waals surface area contributed by atoms with Crippen LogP contribution < -0.4 is 9.80 Å². The minimum Gasteiger partial charge on any atom is -0.394 e. The summed E-state index contributed by atoms with van der Waals surface area (Å²) in [5, 5.41) is 19.2. The van der Waals surface area contributed by atoms with Crippen LogP contribution in [0.5, 0.6) is 0 Å². The Balaban J connectivity index is 2.23. The second-order valence-electron chi connectivity index (χ2n) is 6.29. The summed E-state index contributed by atoms with van der Waals surface area (Å²) in [6.07, 6.45) is 1.03. The Kier molecular flexibility index (Phi) is 6.52. The van der Waals surface area contributed by atoms with Crippen molar-refractivity contribution in [2.45, 2.75) is 32.8 Å². The molecule has 25 heavy (non-hydrogen) atoms. The maximum atomic E-state index is 12.1. The fourth-order valence-corrected chi connectivity index (χ4v) is 3.39. The third kappa shape index (κ3) is 4.78. The first-order valence-corrected chi connectivity index (χ1v) is 9.01. The van der Waals surface area contributed by atoms with Gasteiger partial charge in [-0.2, -0.15) is 0 Å². The largest absolute Gasteiger partial charge is 0.394 e. The summed E-state index contributed by atoms with van der Waals surface area (Å²) < 4.78 is 0. The Bertz CT molecular complexity index is 700. The zero-order valence-corrected chi connectivity index (χ0v) is 15.8. The van der Waals surface area contributed by atoms with Gasteiger partial charge in [0.2, 0.25) is 5.91 Å². The number of aliphatic hydroxyl groups is 2. The number of hydrogen-bond donors (Lipinski definition) is 2. The van der Waals surface area contributed by atoms with E-state index in [2.05, 4.69) is 18.8 Å². The summed E-state index contributed by atoms with van der Waals surface area (Å²) in [5.41, 5.74) is 1.64. The van der Waals surface area contributed by atoms with Crippen LogP contribution >= 0.6 is 11.3 Å². The van der Waals surface area contributed by atoms with Crippen molar-refractivity contribution in [2.75, 3.05) is 30.0 Å². The first-order chi connectivity index (χ1) is 11.8. The molecule has 0 spiro atoms. The van der Waals surface area contributed by atoms with Crippen LogP contribution in [0.1, 0.15) is 31.6 Å². The van der Waals surface area contributed by atoms with Gasteiger partial charge in [-0.25, -0.2) is 4.98 Å². The van der Waals surface area contributed by atoms with E-state index in [1.165, 1.54) is 18.3 Å². The molecule has 0 fully saturated rings. The van der Waals surface area contributed by atoms with Crippen molar-refractivity contribution in [1.82, 2.24) is 4.98 Å². The van der Waals surface area contributed by atoms with Gasteiger partial charge in [-0.3, -0.25) is 9.69 Å². The van der Waals surface area contributed by atoms with Crippen LogP contribution in [0.25, 0.3) is 0 Å². The van der Waals surface area contributed by atoms with Crippen LogP contribution in [0.4, 0.5) is 16.5 Å². The minimum absolute atomic E-state index is 0.0959. The third-order valence-corrected chi connectivity index (χ3v) is 5.11. The zero-order valence-electron chi connectivity index (χ0n) is 15.0. The summed E-state index contributed by atoms with van der Waals surface area (Å²) in [6.45, 7) is 5.77. The normalized spacial score (nSPS) is 12.3. The minimum atomic E-state index is -0.789. The molecule has 0 saturated carbocycles. The molecule has 0 aliphatic heterocycles. The van der Waals surface area contributed by atoms with Crippen LogP contribution in [0, 0.1) is 0 Å². The van der Waals surface area contributed by atoms with E-state index < -0.39 is 6.10 Å². The van der Waals surface area contributed by atoms with E-state index in [0.717, 1.165) is 16.3 Å². The molecule has 1 amide bonds. The summed E-state index contributed by atoms with van der Waals surface area (Å²) in [7, 11) is 1.84. The number of aliphatic hydroxyl groups excluding tert-OH is 2. The topological polar surface area (TPSA) is 76.9 Å². The van der Waals surface area contributed by atoms with Crippen LogP contribution in [0.2, 0.25) is 0 Å². The molecule has 6 nitrogen and oxygen atoms in total. The maximum Gasteiger partial charge on any atom is 0.230 e. The number of aromatic nitrogens is 1. The van der Waals surface area contributed by atoms with Gasteiger partial charge in [-0.05, 0) is 30.2 Å². The van der Waals surface area contributed by atoms with Crippen molar-refractivity contribution in [3.63, 3.8) is 0 Å². The van der Waals surface area contributed by atoms with E-state index in [0.29, 0.717) is 17.6 Å².